The van der Waals surface area contributed by atoms with Crippen molar-refractivity contribution in [3.8, 4) is 0 Å². The van der Waals surface area contributed by atoms with E-state index in [2.05, 4.69) is 20.1 Å². The molecule has 3 unspecified atom stereocenters. The molecule has 40 heavy (non-hydrogen) atoms. The molecule has 1 N–H and O–H groups in total. The number of nitrogens with zero attached hydrogens (tertiary/aromatic N) is 2. The average molecular weight is 559 g/mol. The Morgan fingerprint density at radius 1 is 1.12 bits per heavy atom. The van der Waals surface area contributed by atoms with Gasteiger partial charge in [-0.2, -0.15) is 0 Å². The van der Waals surface area contributed by atoms with Crippen molar-refractivity contribution in [1.29, 1.82) is 0 Å². The summed E-state index contributed by atoms with van der Waals surface area (Å²) in [5, 5.41) is 9.18. The number of ether oxygens (including phenoxy) is 2. The summed E-state index contributed by atoms with van der Waals surface area (Å²) in [6, 6.07) is -0.652. The topological polar surface area (TPSA) is 96.4 Å². The maximum atomic E-state index is 14.6. The lowest BCUT2D eigenvalue weighted by Crippen LogP contribution is -2.58. The van der Waals surface area contributed by atoms with Crippen molar-refractivity contribution >= 4 is 17.8 Å². The fourth-order valence-corrected chi connectivity index (χ4v) is 7.96. The molecule has 1 aliphatic carbocycles. The van der Waals surface area contributed by atoms with Crippen molar-refractivity contribution in [1.82, 2.24) is 9.80 Å². The average Bonchev–Trinajstić information content (AvgIpc) is 3.46. The quantitative estimate of drug-likeness (QED) is 0.182. The van der Waals surface area contributed by atoms with Crippen LogP contribution in [0.15, 0.2) is 25.3 Å². The largest absolute Gasteiger partial charge is 0.465 e. The van der Waals surface area contributed by atoms with Gasteiger partial charge in [-0.25, -0.2) is 0 Å². The summed E-state index contributed by atoms with van der Waals surface area (Å²) in [5.41, 5.74) is -1.91. The maximum absolute atomic E-state index is 14.6. The molecule has 0 aromatic heterocycles. The van der Waals surface area contributed by atoms with Crippen molar-refractivity contribution in [3.63, 3.8) is 0 Å². The molecule has 224 valence electrons. The third-order valence-corrected chi connectivity index (χ3v) is 10.0. The molecule has 0 aromatic rings. The second kappa shape index (κ2) is 13.2. The number of aliphatic hydroxyl groups is 1. The Hall–Kier alpha value is -2.19. The van der Waals surface area contributed by atoms with Crippen LogP contribution < -0.4 is 0 Å². The van der Waals surface area contributed by atoms with E-state index in [1.807, 2.05) is 11.8 Å². The fraction of sp³-hybridized carbons (Fsp3) is 0.781. The van der Waals surface area contributed by atoms with Crippen molar-refractivity contribution < 1.29 is 29.0 Å². The molecule has 8 heteroatoms. The van der Waals surface area contributed by atoms with Crippen LogP contribution in [0.5, 0.6) is 0 Å². The minimum Gasteiger partial charge on any atom is -0.465 e. The van der Waals surface area contributed by atoms with Crippen molar-refractivity contribution in [2.45, 2.75) is 114 Å². The zero-order valence-corrected chi connectivity index (χ0v) is 24.7. The molecule has 2 amide bonds. The van der Waals surface area contributed by atoms with Gasteiger partial charge in [0.1, 0.15) is 17.6 Å². The van der Waals surface area contributed by atoms with Crippen molar-refractivity contribution in [3.05, 3.63) is 25.3 Å². The van der Waals surface area contributed by atoms with Crippen LogP contribution in [0.4, 0.5) is 0 Å². The first-order valence-electron chi connectivity index (χ1n) is 15.6. The van der Waals surface area contributed by atoms with Gasteiger partial charge in [0.15, 0.2) is 0 Å². The number of esters is 1. The van der Waals surface area contributed by atoms with Gasteiger partial charge >= 0.3 is 5.97 Å². The summed E-state index contributed by atoms with van der Waals surface area (Å²) >= 11 is 0. The molecular formula is C32H50N2O6. The number of hydrogen-bond donors (Lipinski definition) is 1. The second-order valence-electron chi connectivity index (χ2n) is 12.5. The van der Waals surface area contributed by atoms with Gasteiger partial charge in [0.2, 0.25) is 11.8 Å². The highest BCUT2D eigenvalue weighted by Gasteiger charge is 2.80. The van der Waals surface area contributed by atoms with Crippen LogP contribution >= 0.6 is 0 Å². The third kappa shape index (κ3) is 5.50. The van der Waals surface area contributed by atoms with Crippen LogP contribution in [-0.4, -0.2) is 82.3 Å². The Balaban J connectivity index is 1.67. The molecule has 3 heterocycles. The normalized spacial score (nSPS) is 33.2. The third-order valence-electron chi connectivity index (χ3n) is 10.0. The zero-order valence-electron chi connectivity index (χ0n) is 24.7. The molecule has 8 nitrogen and oxygen atoms in total. The molecule has 1 saturated carbocycles. The van der Waals surface area contributed by atoms with Crippen LogP contribution in [0, 0.1) is 17.8 Å². The van der Waals surface area contributed by atoms with Gasteiger partial charge in [-0.05, 0) is 57.8 Å². The molecule has 4 aliphatic rings. The van der Waals surface area contributed by atoms with Crippen LogP contribution in [0.2, 0.25) is 0 Å². The van der Waals surface area contributed by atoms with E-state index < -0.39 is 35.0 Å². The van der Waals surface area contributed by atoms with Crippen molar-refractivity contribution in [2.24, 2.45) is 17.8 Å². The molecule has 2 bridgehead atoms. The summed E-state index contributed by atoms with van der Waals surface area (Å²) in [7, 11) is 0. The maximum Gasteiger partial charge on any atom is 0.312 e. The Labute approximate surface area is 240 Å². The number of allylic oxidation sites excluding steroid dienone is 1. The molecule has 0 radical (unpaired) electrons. The summed E-state index contributed by atoms with van der Waals surface area (Å²) < 4.78 is 12.6. The first kappa shape index (κ1) is 30.8. The molecule has 1 spiro atoms. The van der Waals surface area contributed by atoms with Crippen LogP contribution in [0.25, 0.3) is 0 Å². The van der Waals surface area contributed by atoms with Gasteiger partial charge in [-0.3, -0.25) is 14.4 Å². The van der Waals surface area contributed by atoms with E-state index in [1.165, 1.54) is 6.42 Å². The monoisotopic (exact) mass is 558 g/mol. The van der Waals surface area contributed by atoms with E-state index in [-0.39, 0.29) is 37.0 Å². The summed E-state index contributed by atoms with van der Waals surface area (Å²) in [4.78, 5) is 46.2. The highest BCUT2D eigenvalue weighted by atomic mass is 16.6. The zero-order chi connectivity index (χ0) is 28.9. The number of fused-ring (bicyclic) bond motifs is 1. The van der Waals surface area contributed by atoms with Crippen molar-refractivity contribution in [2.75, 3.05) is 26.3 Å². The lowest BCUT2D eigenvalue weighted by Gasteiger charge is -2.41. The minimum atomic E-state index is -1.05. The Morgan fingerprint density at radius 2 is 1.85 bits per heavy atom. The van der Waals surface area contributed by atoms with E-state index in [0.717, 1.165) is 57.8 Å². The first-order valence-corrected chi connectivity index (χ1v) is 15.6. The predicted octanol–water partition coefficient (Wildman–Crippen LogP) is 4.41. The summed E-state index contributed by atoms with van der Waals surface area (Å²) in [6.07, 6.45) is 14.0. The lowest BCUT2D eigenvalue weighted by molar-refractivity contribution is -0.162. The van der Waals surface area contributed by atoms with Gasteiger partial charge in [0.25, 0.3) is 0 Å². The van der Waals surface area contributed by atoms with Crippen LogP contribution in [0.3, 0.4) is 0 Å². The minimum absolute atomic E-state index is 0.00962. The number of aliphatic hydroxyl groups excluding tert-OH is 1. The molecule has 3 saturated heterocycles. The summed E-state index contributed by atoms with van der Waals surface area (Å²) in [6.45, 7) is 12.9. The number of hydrogen-bond acceptors (Lipinski definition) is 6. The number of rotatable bonds is 15. The number of likely N-dealkylation sites (tertiary alicyclic amines) is 1. The highest BCUT2D eigenvalue weighted by Crippen LogP contribution is 2.65. The standard InChI is InChI=1S/C32H50N2O6/c1-5-7-15-21-39-30(38)26-25-28(36)34(19-13-8-9-14-20-35)27(32(25)22-23(3)31(26,4)40-32)29(37)33(18-6-2)24-16-11-10-12-17-24/h5-6,23-27,35H,1-2,7-22H2,3-4H3/t23?,25-,26-,27?,31+,32?/m0/s1. The SMILES string of the molecule is C=CCCCOC(=O)[C@@H]1[C@H]2C(=O)N(CCCCCCO)C(C(=O)N(CC=C)C3CCCCC3)C23CC(C)[C@@]1(C)O3. The first-order chi connectivity index (χ1) is 19.3. The van der Waals surface area contributed by atoms with Gasteiger partial charge in [0.05, 0.1) is 18.1 Å². The van der Waals surface area contributed by atoms with Crippen LogP contribution in [0.1, 0.15) is 90.9 Å². The fourth-order valence-electron chi connectivity index (χ4n) is 7.96. The number of amides is 2. The van der Waals surface area contributed by atoms with Crippen LogP contribution in [-0.2, 0) is 23.9 Å². The molecule has 0 aromatic carbocycles. The predicted molar refractivity (Wildman–Crippen MR) is 153 cm³/mol. The molecular weight excluding hydrogens is 508 g/mol. The van der Waals surface area contributed by atoms with Gasteiger partial charge < -0.3 is 24.4 Å². The van der Waals surface area contributed by atoms with E-state index in [9.17, 15) is 19.5 Å². The van der Waals surface area contributed by atoms with E-state index in [1.54, 1.807) is 17.1 Å². The molecule has 3 aliphatic heterocycles. The van der Waals surface area contributed by atoms with E-state index in [0.29, 0.717) is 25.9 Å². The Bertz CT molecular complexity index is 948. The highest BCUT2D eigenvalue weighted by molar-refractivity contribution is 5.98. The molecule has 6 atom stereocenters. The summed E-state index contributed by atoms with van der Waals surface area (Å²) in [5.74, 6) is -2.12. The molecule has 4 rings (SSSR count). The second-order valence-corrected chi connectivity index (χ2v) is 12.5. The Morgan fingerprint density at radius 3 is 2.52 bits per heavy atom. The van der Waals surface area contributed by atoms with Gasteiger partial charge in [-0.15, -0.1) is 13.2 Å². The smallest absolute Gasteiger partial charge is 0.312 e. The number of carbonyl (C=O) groups is 3. The molecule has 4 fully saturated rings. The number of carbonyl (C=O) groups excluding carboxylic acids is 3. The van der Waals surface area contributed by atoms with Gasteiger partial charge in [0, 0.05) is 25.7 Å². The van der Waals surface area contributed by atoms with Gasteiger partial charge in [-0.1, -0.05) is 51.2 Å². The Kier molecular flexibility index (Phi) is 10.1. The lowest BCUT2D eigenvalue weighted by atomic mass is 9.62. The number of unbranched alkanes of at least 4 members (excludes halogenated alkanes) is 4. The van der Waals surface area contributed by atoms with E-state index in [4.69, 9.17) is 9.47 Å². The van der Waals surface area contributed by atoms with E-state index >= 15 is 0 Å².